The van der Waals surface area contributed by atoms with Gasteiger partial charge in [0.05, 0.1) is 0 Å². The van der Waals surface area contributed by atoms with Crippen molar-refractivity contribution in [3.05, 3.63) is 23.4 Å². The second kappa shape index (κ2) is 5.90. The Balaban J connectivity index is 2.18. The van der Waals surface area contributed by atoms with Gasteiger partial charge in [-0.3, -0.25) is 9.59 Å². The number of nitrogens with two attached hydrogens (primary N) is 1. The van der Waals surface area contributed by atoms with Gasteiger partial charge in [0.15, 0.2) is 0 Å². The van der Waals surface area contributed by atoms with E-state index in [2.05, 4.69) is 4.98 Å². The lowest BCUT2D eigenvalue weighted by molar-refractivity contribution is -0.138. The number of pyridine rings is 1. The summed E-state index contributed by atoms with van der Waals surface area (Å²) in [5, 5.41) is 8.89. The van der Waals surface area contributed by atoms with E-state index >= 15 is 0 Å². The highest BCUT2D eigenvalue weighted by molar-refractivity contribution is 5.93. The zero-order valence-corrected chi connectivity index (χ0v) is 11.5. The van der Waals surface area contributed by atoms with E-state index < -0.39 is 11.9 Å². The molecule has 2 rings (SSSR count). The fourth-order valence-corrected chi connectivity index (χ4v) is 2.64. The second-order valence-corrected chi connectivity index (χ2v) is 5.27. The lowest BCUT2D eigenvalue weighted by Crippen LogP contribution is -2.37. The van der Waals surface area contributed by atoms with Crippen molar-refractivity contribution in [2.24, 2.45) is 11.7 Å². The zero-order valence-electron chi connectivity index (χ0n) is 11.5. The number of aromatic nitrogens is 1. The van der Waals surface area contributed by atoms with Crippen LogP contribution in [0.25, 0.3) is 0 Å². The van der Waals surface area contributed by atoms with Crippen LogP contribution in [0.1, 0.15) is 35.3 Å². The molecule has 0 aromatic carbocycles. The lowest BCUT2D eigenvalue weighted by Gasteiger charge is -2.33. The number of rotatable bonds is 4. The fourth-order valence-electron chi connectivity index (χ4n) is 2.64. The Kier molecular flexibility index (Phi) is 4.22. The van der Waals surface area contributed by atoms with Gasteiger partial charge in [-0.15, -0.1) is 0 Å². The van der Waals surface area contributed by atoms with Gasteiger partial charge in [-0.25, -0.2) is 4.98 Å². The highest BCUT2D eigenvalue weighted by atomic mass is 16.4. The molecule has 0 bridgehead atoms. The molecule has 3 N–H and O–H groups in total. The smallest absolute Gasteiger partial charge is 0.303 e. The van der Waals surface area contributed by atoms with Crippen molar-refractivity contribution in [2.75, 3.05) is 18.0 Å². The van der Waals surface area contributed by atoms with Crippen LogP contribution in [0.5, 0.6) is 0 Å². The molecule has 0 radical (unpaired) electrons. The quantitative estimate of drug-likeness (QED) is 0.861. The van der Waals surface area contributed by atoms with Gasteiger partial charge >= 0.3 is 5.97 Å². The summed E-state index contributed by atoms with van der Waals surface area (Å²) in [5.41, 5.74) is 6.48. The molecule has 1 fully saturated rings. The van der Waals surface area contributed by atoms with Crippen molar-refractivity contribution in [3.63, 3.8) is 0 Å². The molecule has 108 valence electrons. The van der Waals surface area contributed by atoms with Crippen LogP contribution in [-0.4, -0.2) is 35.1 Å². The number of nitrogens with zero attached hydrogens (tertiary/aromatic N) is 2. The average molecular weight is 277 g/mol. The third-order valence-corrected chi connectivity index (χ3v) is 3.53. The first kappa shape index (κ1) is 14.3. The molecule has 1 aromatic rings. The summed E-state index contributed by atoms with van der Waals surface area (Å²) in [6, 6.07) is 3.34. The van der Waals surface area contributed by atoms with Gasteiger partial charge in [0.2, 0.25) is 5.91 Å². The summed E-state index contributed by atoms with van der Waals surface area (Å²) in [5.74, 6) is -0.419. The van der Waals surface area contributed by atoms with Crippen molar-refractivity contribution in [3.8, 4) is 0 Å². The minimum atomic E-state index is -0.771. The Morgan fingerprint density at radius 2 is 2.25 bits per heavy atom. The maximum Gasteiger partial charge on any atom is 0.303 e. The first-order valence-corrected chi connectivity index (χ1v) is 6.71. The number of anilines is 1. The molecule has 2 heterocycles. The molecule has 1 aromatic heterocycles. The predicted octanol–water partition coefficient (Wildman–Crippen LogP) is 1.18. The summed E-state index contributed by atoms with van der Waals surface area (Å²) in [6.07, 6.45) is 2.02. The number of aryl methyl sites for hydroxylation is 1. The standard InChI is InChI=1S/C14H19N3O3/c1-9-5-11(14(15)20)7-12(16-9)17-4-2-3-10(8-17)6-13(18)19/h5,7,10H,2-4,6,8H2,1H3,(H2,15,20)(H,18,19). The minimum absolute atomic E-state index is 0.126. The lowest BCUT2D eigenvalue weighted by atomic mass is 9.95. The van der Waals surface area contributed by atoms with Crippen molar-refractivity contribution in [2.45, 2.75) is 26.2 Å². The van der Waals surface area contributed by atoms with Gasteiger partial charge in [0.25, 0.3) is 0 Å². The van der Waals surface area contributed by atoms with Crippen LogP contribution in [0.3, 0.4) is 0 Å². The summed E-state index contributed by atoms with van der Waals surface area (Å²) in [4.78, 5) is 28.6. The molecule has 1 saturated heterocycles. The van der Waals surface area contributed by atoms with E-state index in [1.165, 1.54) is 0 Å². The third kappa shape index (κ3) is 3.46. The summed E-state index contributed by atoms with van der Waals surface area (Å²) in [7, 11) is 0. The number of carboxylic acid groups (broad SMARTS) is 1. The van der Waals surface area contributed by atoms with Crippen LogP contribution in [0, 0.1) is 12.8 Å². The van der Waals surface area contributed by atoms with E-state index in [1.807, 2.05) is 11.8 Å². The fraction of sp³-hybridized carbons (Fsp3) is 0.500. The predicted molar refractivity (Wildman–Crippen MR) is 74.7 cm³/mol. The first-order chi connectivity index (χ1) is 9.45. The van der Waals surface area contributed by atoms with Gasteiger partial charge in [-0.2, -0.15) is 0 Å². The monoisotopic (exact) mass is 277 g/mol. The largest absolute Gasteiger partial charge is 0.481 e. The molecule has 1 unspecified atom stereocenters. The zero-order chi connectivity index (χ0) is 14.7. The van der Waals surface area contributed by atoms with Gasteiger partial charge in [-0.05, 0) is 37.8 Å². The number of carboxylic acids is 1. The number of piperidine rings is 1. The average Bonchev–Trinajstić information content (AvgIpc) is 2.37. The highest BCUT2D eigenvalue weighted by Gasteiger charge is 2.23. The topological polar surface area (TPSA) is 96.5 Å². The molecule has 0 saturated carbocycles. The van der Waals surface area contributed by atoms with Crippen molar-refractivity contribution >= 4 is 17.7 Å². The Morgan fingerprint density at radius 1 is 1.50 bits per heavy atom. The minimum Gasteiger partial charge on any atom is -0.481 e. The van der Waals surface area contributed by atoms with Gasteiger partial charge in [0.1, 0.15) is 5.82 Å². The van der Waals surface area contributed by atoms with Crippen LogP contribution in [-0.2, 0) is 4.79 Å². The SMILES string of the molecule is Cc1cc(C(N)=O)cc(N2CCCC(CC(=O)O)C2)n1. The number of hydrogen-bond donors (Lipinski definition) is 2. The molecule has 1 amide bonds. The van der Waals surface area contributed by atoms with E-state index in [4.69, 9.17) is 10.8 Å². The molecule has 0 aliphatic carbocycles. The normalized spacial score (nSPS) is 18.9. The Morgan fingerprint density at radius 3 is 2.90 bits per heavy atom. The molecule has 0 spiro atoms. The summed E-state index contributed by atoms with van der Waals surface area (Å²) < 4.78 is 0. The molecular weight excluding hydrogens is 258 g/mol. The Labute approximate surface area is 117 Å². The van der Waals surface area contributed by atoms with Crippen molar-refractivity contribution < 1.29 is 14.7 Å². The summed E-state index contributed by atoms with van der Waals surface area (Å²) in [6.45, 7) is 3.29. The molecular formula is C14H19N3O3. The number of primary amides is 1. The van der Waals surface area contributed by atoms with Gasteiger partial charge in [-0.1, -0.05) is 0 Å². The number of carbonyl (C=O) groups is 2. The van der Waals surface area contributed by atoms with E-state index in [0.717, 1.165) is 25.1 Å². The first-order valence-electron chi connectivity index (χ1n) is 6.71. The van der Waals surface area contributed by atoms with E-state index in [-0.39, 0.29) is 12.3 Å². The summed E-state index contributed by atoms with van der Waals surface area (Å²) >= 11 is 0. The highest BCUT2D eigenvalue weighted by Crippen LogP contribution is 2.24. The molecule has 6 heteroatoms. The number of amides is 1. The van der Waals surface area contributed by atoms with Crippen LogP contribution < -0.4 is 10.6 Å². The molecule has 1 atom stereocenters. The third-order valence-electron chi connectivity index (χ3n) is 3.53. The molecule has 1 aliphatic rings. The van der Waals surface area contributed by atoms with Crippen molar-refractivity contribution in [1.29, 1.82) is 0 Å². The Bertz CT molecular complexity index is 530. The van der Waals surface area contributed by atoms with Gasteiger partial charge in [0, 0.05) is 30.8 Å². The molecule has 1 aliphatic heterocycles. The van der Waals surface area contributed by atoms with E-state index in [9.17, 15) is 9.59 Å². The maximum atomic E-state index is 11.3. The number of hydrogen-bond acceptors (Lipinski definition) is 4. The Hall–Kier alpha value is -2.11. The van der Waals surface area contributed by atoms with Crippen LogP contribution in [0.2, 0.25) is 0 Å². The maximum absolute atomic E-state index is 11.3. The second-order valence-electron chi connectivity index (χ2n) is 5.27. The van der Waals surface area contributed by atoms with E-state index in [0.29, 0.717) is 17.9 Å². The van der Waals surface area contributed by atoms with Crippen LogP contribution in [0.15, 0.2) is 12.1 Å². The van der Waals surface area contributed by atoms with Gasteiger partial charge < -0.3 is 15.7 Å². The molecule has 20 heavy (non-hydrogen) atoms. The number of carbonyl (C=O) groups excluding carboxylic acids is 1. The van der Waals surface area contributed by atoms with Crippen LogP contribution in [0.4, 0.5) is 5.82 Å². The molecule has 6 nitrogen and oxygen atoms in total. The van der Waals surface area contributed by atoms with Crippen LogP contribution >= 0.6 is 0 Å². The van der Waals surface area contributed by atoms with Crippen molar-refractivity contribution in [1.82, 2.24) is 4.98 Å². The van der Waals surface area contributed by atoms with E-state index in [1.54, 1.807) is 12.1 Å². The number of aliphatic carboxylic acids is 1.